The largest absolute Gasteiger partial charge is 0.497 e. The van der Waals surface area contributed by atoms with Crippen LogP contribution in [0.3, 0.4) is 0 Å². The molecular weight excluding hydrogens is 278 g/mol. The van der Waals surface area contributed by atoms with Crippen LogP contribution in [0.5, 0.6) is 11.5 Å². The van der Waals surface area contributed by atoms with Gasteiger partial charge in [-0.1, -0.05) is 30.3 Å². The van der Waals surface area contributed by atoms with Crippen molar-refractivity contribution in [2.75, 3.05) is 14.2 Å². The smallest absolute Gasteiger partial charge is 0.225 e. The maximum absolute atomic E-state index is 12.2. The van der Waals surface area contributed by atoms with E-state index in [4.69, 9.17) is 9.47 Å². The van der Waals surface area contributed by atoms with E-state index in [0.717, 1.165) is 22.6 Å². The molecule has 1 amide bonds. The van der Waals surface area contributed by atoms with Crippen LogP contribution in [0.25, 0.3) is 0 Å². The van der Waals surface area contributed by atoms with Crippen molar-refractivity contribution in [1.29, 1.82) is 0 Å². The summed E-state index contributed by atoms with van der Waals surface area (Å²) in [6.07, 6.45) is 0.296. The molecule has 0 saturated carbocycles. The van der Waals surface area contributed by atoms with Gasteiger partial charge in [0.15, 0.2) is 0 Å². The van der Waals surface area contributed by atoms with E-state index in [2.05, 4.69) is 5.32 Å². The standard InChI is InChI=1S/C18H21NO3/c1-13(14-8-10-16(21-2)11-9-14)19-18(20)12-15-6-4-5-7-17(15)22-3/h4-11,13H,12H2,1-3H3,(H,19,20)/t13-/m1/s1. The van der Waals surface area contributed by atoms with Crippen molar-refractivity contribution in [2.24, 2.45) is 0 Å². The van der Waals surface area contributed by atoms with Crippen molar-refractivity contribution in [1.82, 2.24) is 5.32 Å². The Morgan fingerprint density at radius 1 is 1.05 bits per heavy atom. The van der Waals surface area contributed by atoms with E-state index in [9.17, 15) is 4.79 Å². The summed E-state index contributed by atoms with van der Waals surface area (Å²) in [6, 6.07) is 15.2. The highest BCUT2D eigenvalue weighted by Gasteiger charge is 2.12. The van der Waals surface area contributed by atoms with Gasteiger partial charge in [-0.2, -0.15) is 0 Å². The Bertz CT molecular complexity index is 622. The van der Waals surface area contributed by atoms with Crippen LogP contribution in [0.1, 0.15) is 24.1 Å². The van der Waals surface area contributed by atoms with E-state index in [1.165, 1.54) is 0 Å². The van der Waals surface area contributed by atoms with Gasteiger partial charge >= 0.3 is 0 Å². The van der Waals surface area contributed by atoms with Gasteiger partial charge in [0.2, 0.25) is 5.91 Å². The Balaban J connectivity index is 1.98. The highest BCUT2D eigenvalue weighted by atomic mass is 16.5. The number of benzene rings is 2. The number of carbonyl (C=O) groups excluding carboxylic acids is 1. The minimum atomic E-state index is -0.0619. The summed E-state index contributed by atoms with van der Waals surface area (Å²) in [6.45, 7) is 1.96. The first kappa shape index (κ1) is 15.9. The third-order valence-electron chi connectivity index (χ3n) is 3.54. The first-order valence-corrected chi connectivity index (χ1v) is 7.19. The van der Waals surface area contributed by atoms with E-state index in [1.807, 2.05) is 55.5 Å². The summed E-state index contributed by atoms with van der Waals surface area (Å²) < 4.78 is 10.4. The number of para-hydroxylation sites is 1. The number of hydrogen-bond donors (Lipinski definition) is 1. The van der Waals surface area contributed by atoms with Crippen LogP contribution in [-0.4, -0.2) is 20.1 Å². The summed E-state index contributed by atoms with van der Waals surface area (Å²) in [4.78, 5) is 12.2. The van der Waals surface area contributed by atoms with Crippen LogP contribution in [-0.2, 0) is 11.2 Å². The van der Waals surface area contributed by atoms with Gasteiger partial charge in [-0.15, -0.1) is 0 Å². The summed E-state index contributed by atoms with van der Waals surface area (Å²) >= 11 is 0. The molecule has 0 saturated heterocycles. The maximum Gasteiger partial charge on any atom is 0.225 e. The lowest BCUT2D eigenvalue weighted by Gasteiger charge is -2.15. The number of nitrogens with one attached hydrogen (secondary N) is 1. The number of rotatable bonds is 6. The summed E-state index contributed by atoms with van der Waals surface area (Å²) in [5.74, 6) is 1.50. The lowest BCUT2D eigenvalue weighted by molar-refractivity contribution is -0.121. The zero-order valence-electron chi connectivity index (χ0n) is 13.1. The van der Waals surface area contributed by atoms with Gasteiger partial charge in [0.25, 0.3) is 0 Å². The van der Waals surface area contributed by atoms with Gasteiger partial charge in [0.05, 0.1) is 26.7 Å². The van der Waals surface area contributed by atoms with E-state index in [0.29, 0.717) is 6.42 Å². The lowest BCUT2D eigenvalue weighted by atomic mass is 10.1. The van der Waals surface area contributed by atoms with Crippen LogP contribution in [0.4, 0.5) is 0 Å². The molecule has 0 heterocycles. The fourth-order valence-corrected chi connectivity index (χ4v) is 2.29. The molecule has 1 atom stereocenters. The van der Waals surface area contributed by atoms with Gasteiger partial charge in [0.1, 0.15) is 11.5 Å². The summed E-state index contributed by atoms with van der Waals surface area (Å²) in [7, 11) is 3.24. The van der Waals surface area contributed by atoms with Gasteiger partial charge in [0, 0.05) is 5.56 Å². The average Bonchev–Trinajstić information content (AvgIpc) is 2.55. The molecule has 0 unspecified atom stereocenters. The minimum absolute atomic E-state index is 0.0344. The second kappa shape index (κ2) is 7.50. The van der Waals surface area contributed by atoms with Crippen LogP contribution in [0, 0.1) is 0 Å². The molecule has 0 bridgehead atoms. The average molecular weight is 299 g/mol. The molecule has 0 aliphatic carbocycles. The molecule has 4 heteroatoms. The number of ether oxygens (including phenoxy) is 2. The summed E-state index contributed by atoms with van der Waals surface area (Å²) in [5.41, 5.74) is 1.92. The first-order valence-electron chi connectivity index (χ1n) is 7.19. The SMILES string of the molecule is COc1ccc([C@@H](C)NC(=O)Cc2ccccc2OC)cc1. The Labute approximate surface area is 131 Å². The van der Waals surface area contributed by atoms with E-state index >= 15 is 0 Å². The van der Waals surface area contributed by atoms with Crippen molar-refractivity contribution < 1.29 is 14.3 Å². The maximum atomic E-state index is 12.2. The zero-order valence-corrected chi connectivity index (χ0v) is 13.1. The number of methoxy groups -OCH3 is 2. The van der Waals surface area contributed by atoms with Gasteiger partial charge < -0.3 is 14.8 Å². The normalized spacial score (nSPS) is 11.6. The quantitative estimate of drug-likeness (QED) is 0.891. The molecule has 2 rings (SSSR count). The number of amides is 1. The molecule has 0 aliphatic rings. The molecule has 2 aromatic rings. The van der Waals surface area contributed by atoms with Crippen LogP contribution < -0.4 is 14.8 Å². The predicted octanol–water partition coefficient (Wildman–Crippen LogP) is 3.12. The highest BCUT2D eigenvalue weighted by molar-refractivity contribution is 5.79. The van der Waals surface area contributed by atoms with Gasteiger partial charge in [-0.05, 0) is 30.7 Å². The van der Waals surface area contributed by atoms with E-state index < -0.39 is 0 Å². The van der Waals surface area contributed by atoms with E-state index in [-0.39, 0.29) is 11.9 Å². The minimum Gasteiger partial charge on any atom is -0.497 e. The molecule has 4 nitrogen and oxygen atoms in total. The molecule has 22 heavy (non-hydrogen) atoms. The molecule has 0 spiro atoms. The second-order valence-corrected chi connectivity index (χ2v) is 5.05. The third-order valence-corrected chi connectivity index (χ3v) is 3.54. The molecule has 0 aromatic heterocycles. The van der Waals surface area contributed by atoms with Gasteiger partial charge in [-0.25, -0.2) is 0 Å². The fraction of sp³-hybridized carbons (Fsp3) is 0.278. The van der Waals surface area contributed by atoms with Crippen molar-refractivity contribution in [3.8, 4) is 11.5 Å². The molecular formula is C18H21NO3. The fourth-order valence-electron chi connectivity index (χ4n) is 2.29. The third kappa shape index (κ3) is 4.01. The highest BCUT2D eigenvalue weighted by Crippen LogP contribution is 2.20. The van der Waals surface area contributed by atoms with Crippen molar-refractivity contribution in [3.05, 3.63) is 59.7 Å². The van der Waals surface area contributed by atoms with Crippen molar-refractivity contribution in [2.45, 2.75) is 19.4 Å². The summed E-state index contributed by atoms with van der Waals surface area (Å²) in [5, 5.41) is 3.00. The molecule has 0 fully saturated rings. The van der Waals surface area contributed by atoms with Crippen LogP contribution in [0.2, 0.25) is 0 Å². The molecule has 0 aliphatic heterocycles. The number of carbonyl (C=O) groups is 1. The second-order valence-electron chi connectivity index (χ2n) is 5.05. The zero-order chi connectivity index (χ0) is 15.9. The Kier molecular flexibility index (Phi) is 5.42. The lowest BCUT2D eigenvalue weighted by Crippen LogP contribution is -2.28. The monoisotopic (exact) mass is 299 g/mol. The topological polar surface area (TPSA) is 47.6 Å². The first-order chi connectivity index (χ1) is 10.6. The molecule has 0 radical (unpaired) electrons. The Morgan fingerprint density at radius 3 is 2.36 bits per heavy atom. The molecule has 116 valence electrons. The predicted molar refractivity (Wildman–Crippen MR) is 86.2 cm³/mol. The van der Waals surface area contributed by atoms with Crippen LogP contribution >= 0.6 is 0 Å². The van der Waals surface area contributed by atoms with Crippen molar-refractivity contribution >= 4 is 5.91 Å². The van der Waals surface area contributed by atoms with Crippen LogP contribution in [0.15, 0.2) is 48.5 Å². The Hall–Kier alpha value is -2.49. The Morgan fingerprint density at radius 2 is 1.73 bits per heavy atom. The molecule has 1 N–H and O–H groups in total. The van der Waals surface area contributed by atoms with E-state index in [1.54, 1.807) is 14.2 Å². The number of hydrogen-bond acceptors (Lipinski definition) is 3. The van der Waals surface area contributed by atoms with Gasteiger partial charge in [-0.3, -0.25) is 4.79 Å². The van der Waals surface area contributed by atoms with Crippen molar-refractivity contribution in [3.63, 3.8) is 0 Å². The molecule has 2 aromatic carbocycles.